The van der Waals surface area contributed by atoms with Crippen LogP contribution < -0.4 is 0 Å². The molecule has 0 saturated carbocycles. The molecule has 0 aliphatic heterocycles. The molecule has 0 saturated heterocycles. The van der Waals surface area contributed by atoms with E-state index in [9.17, 15) is 22.0 Å². The van der Waals surface area contributed by atoms with E-state index in [2.05, 4.69) is 20.9 Å². The summed E-state index contributed by atoms with van der Waals surface area (Å²) in [6.45, 7) is 0. The van der Waals surface area contributed by atoms with Crippen LogP contribution in [0.3, 0.4) is 0 Å². The summed E-state index contributed by atoms with van der Waals surface area (Å²) < 4.78 is 61.0. The fourth-order valence-electron chi connectivity index (χ4n) is 0.877. The molecule has 0 bridgehead atoms. The van der Waals surface area contributed by atoms with E-state index < -0.39 is 27.4 Å². The molecule has 0 fully saturated rings. The fraction of sp³-hybridized carbons (Fsp3) is 0.286. The lowest BCUT2D eigenvalue weighted by Gasteiger charge is -2.12. The summed E-state index contributed by atoms with van der Waals surface area (Å²) in [6, 6.07) is 0. The normalized spacial score (nSPS) is 12.3. The van der Waals surface area contributed by atoms with Crippen molar-refractivity contribution in [1.82, 2.24) is 4.98 Å². The highest BCUT2D eigenvalue weighted by Gasteiger charge is 2.37. The van der Waals surface area contributed by atoms with Gasteiger partial charge in [0.2, 0.25) is 0 Å². The number of hydrogen-bond acceptors (Lipinski definition) is 1. The van der Waals surface area contributed by atoms with Gasteiger partial charge in [0.15, 0.2) is 5.69 Å². The first kappa shape index (κ1) is 13.1. The molecule has 1 rings (SSSR count). The molecule has 0 unspecified atom stereocenters. The highest BCUT2D eigenvalue weighted by atomic mass is 127. The third-order valence-electron chi connectivity index (χ3n) is 1.50. The average Bonchev–Trinajstić information content (AvgIpc) is 2.00. The number of aromatic nitrogens is 1. The lowest BCUT2D eigenvalue weighted by Crippen LogP contribution is -2.12. The minimum absolute atomic E-state index is 0.130. The Hall–Kier alpha value is 0.01000. The van der Waals surface area contributed by atoms with Crippen molar-refractivity contribution in [2.24, 2.45) is 0 Å². The second kappa shape index (κ2) is 4.48. The molecule has 0 aliphatic rings. The van der Waals surface area contributed by atoms with Crippen molar-refractivity contribution in [3.05, 3.63) is 25.5 Å². The number of alkyl halides is 5. The van der Waals surface area contributed by atoms with Crippen LogP contribution in [0.1, 0.15) is 17.7 Å². The van der Waals surface area contributed by atoms with Crippen LogP contribution in [0.15, 0.2) is 10.7 Å². The van der Waals surface area contributed by atoms with E-state index >= 15 is 0 Å². The van der Waals surface area contributed by atoms with Gasteiger partial charge in [-0.15, -0.1) is 0 Å². The van der Waals surface area contributed by atoms with Crippen LogP contribution in [0.5, 0.6) is 0 Å². The molecule has 1 nitrogen and oxygen atoms in total. The minimum Gasteiger partial charge on any atom is -0.250 e. The molecular formula is C7H2BrF5IN. The maximum Gasteiger partial charge on any atom is 0.434 e. The highest BCUT2D eigenvalue weighted by Crippen LogP contribution is 2.38. The lowest BCUT2D eigenvalue weighted by molar-refractivity contribution is -0.142. The Bertz CT molecular complexity index is 378. The Morgan fingerprint density at radius 1 is 1.33 bits per heavy atom. The van der Waals surface area contributed by atoms with E-state index in [-0.39, 0.29) is 4.47 Å². The predicted molar refractivity (Wildman–Crippen MR) is 54.6 cm³/mol. The smallest absolute Gasteiger partial charge is 0.250 e. The molecule has 1 aromatic rings. The van der Waals surface area contributed by atoms with Crippen LogP contribution in [0, 0.1) is 3.57 Å². The summed E-state index contributed by atoms with van der Waals surface area (Å²) in [7, 11) is 0. The monoisotopic (exact) mass is 401 g/mol. The molecule has 84 valence electrons. The zero-order valence-corrected chi connectivity index (χ0v) is 10.5. The van der Waals surface area contributed by atoms with Gasteiger partial charge >= 0.3 is 6.18 Å². The van der Waals surface area contributed by atoms with Gasteiger partial charge in [-0.1, -0.05) is 0 Å². The molecule has 0 atom stereocenters. The number of rotatable bonds is 1. The van der Waals surface area contributed by atoms with Crippen LogP contribution in [0.2, 0.25) is 0 Å². The molecule has 15 heavy (non-hydrogen) atoms. The Morgan fingerprint density at radius 2 is 1.87 bits per heavy atom. The SMILES string of the molecule is FC(F)c1c(Br)cnc(C(F)(F)F)c1I. The standard InChI is InChI=1S/C7H2BrF5IN/c8-2-1-15-5(7(11,12)13)4(14)3(2)6(9)10/h1,6H. The van der Waals surface area contributed by atoms with Gasteiger partial charge in [0.25, 0.3) is 6.43 Å². The Labute approximate surface area is 103 Å². The molecule has 1 heterocycles. The lowest BCUT2D eigenvalue weighted by atomic mass is 10.2. The van der Waals surface area contributed by atoms with Gasteiger partial charge in [-0.25, -0.2) is 13.8 Å². The molecule has 0 aromatic carbocycles. The zero-order chi connectivity index (χ0) is 11.8. The maximum atomic E-state index is 12.4. The summed E-state index contributed by atoms with van der Waals surface area (Å²) in [5, 5.41) is 0. The zero-order valence-electron chi connectivity index (χ0n) is 6.75. The van der Waals surface area contributed by atoms with E-state index in [0.29, 0.717) is 0 Å². The fourth-order valence-corrected chi connectivity index (χ4v) is 2.69. The Balaban J connectivity index is 3.42. The Kier molecular flexibility index (Phi) is 3.90. The maximum absolute atomic E-state index is 12.4. The second-order valence-corrected chi connectivity index (χ2v) is 4.41. The quantitative estimate of drug-likeness (QED) is 0.502. The molecule has 0 N–H and O–H groups in total. The summed E-state index contributed by atoms with van der Waals surface area (Å²) in [6.07, 6.45) is -6.97. The van der Waals surface area contributed by atoms with Crippen LogP contribution in [0.25, 0.3) is 0 Å². The number of halogens is 7. The predicted octanol–water partition coefficient (Wildman–Crippen LogP) is 4.41. The number of pyridine rings is 1. The van der Waals surface area contributed by atoms with Crippen molar-refractivity contribution in [2.75, 3.05) is 0 Å². The topological polar surface area (TPSA) is 12.9 Å². The molecule has 0 radical (unpaired) electrons. The summed E-state index contributed by atoms with van der Waals surface area (Å²) >= 11 is 3.95. The second-order valence-electron chi connectivity index (χ2n) is 2.48. The molecule has 0 spiro atoms. The number of hydrogen-bond donors (Lipinski definition) is 0. The largest absolute Gasteiger partial charge is 0.434 e. The molecule has 0 amide bonds. The van der Waals surface area contributed by atoms with Gasteiger partial charge in [0, 0.05) is 16.2 Å². The van der Waals surface area contributed by atoms with E-state index in [4.69, 9.17) is 0 Å². The summed E-state index contributed by atoms with van der Waals surface area (Å²) in [5.74, 6) is 0. The summed E-state index contributed by atoms with van der Waals surface area (Å²) in [5.41, 5.74) is -1.97. The van der Waals surface area contributed by atoms with E-state index in [1.807, 2.05) is 0 Å². The van der Waals surface area contributed by atoms with Gasteiger partial charge < -0.3 is 0 Å². The van der Waals surface area contributed by atoms with Crippen molar-refractivity contribution in [3.8, 4) is 0 Å². The van der Waals surface area contributed by atoms with Crippen LogP contribution >= 0.6 is 38.5 Å². The molecular weight excluding hydrogens is 400 g/mol. The van der Waals surface area contributed by atoms with Crippen LogP contribution in [-0.2, 0) is 6.18 Å². The third-order valence-corrected chi connectivity index (χ3v) is 3.22. The third kappa shape index (κ3) is 2.77. The summed E-state index contributed by atoms with van der Waals surface area (Å²) in [4.78, 5) is 3.08. The van der Waals surface area contributed by atoms with Crippen molar-refractivity contribution in [3.63, 3.8) is 0 Å². The van der Waals surface area contributed by atoms with Gasteiger partial charge in [-0.2, -0.15) is 13.2 Å². The van der Waals surface area contributed by atoms with Crippen molar-refractivity contribution in [2.45, 2.75) is 12.6 Å². The van der Waals surface area contributed by atoms with Gasteiger partial charge in [0.1, 0.15) is 0 Å². The van der Waals surface area contributed by atoms with Crippen LogP contribution in [0.4, 0.5) is 22.0 Å². The molecule has 0 aliphatic carbocycles. The molecule has 1 aromatic heterocycles. The van der Waals surface area contributed by atoms with E-state index in [1.54, 1.807) is 0 Å². The first-order valence-electron chi connectivity index (χ1n) is 3.44. The van der Waals surface area contributed by atoms with Gasteiger partial charge in [0.05, 0.1) is 3.57 Å². The Morgan fingerprint density at radius 3 is 2.27 bits per heavy atom. The first-order chi connectivity index (χ1) is 6.75. The van der Waals surface area contributed by atoms with E-state index in [0.717, 1.165) is 6.20 Å². The van der Waals surface area contributed by atoms with Crippen LogP contribution in [-0.4, -0.2) is 4.98 Å². The van der Waals surface area contributed by atoms with Crippen molar-refractivity contribution >= 4 is 38.5 Å². The van der Waals surface area contributed by atoms with E-state index in [1.165, 1.54) is 22.6 Å². The number of nitrogens with zero attached hydrogens (tertiary/aromatic N) is 1. The van der Waals surface area contributed by atoms with Crippen molar-refractivity contribution < 1.29 is 22.0 Å². The average molecular weight is 402 g/mol. The molecule has 8 heteroatoms. The van der Waals surface area contributed by atoms with Gasteiger partial charge in [-0.05, 0) is 38.5 Å². The van der Waals surface area contributed by atoms with Crippen molar-refractivity contribution in [1.29, 1.82) is 0 Å². The highest BCUT2D eigenvalue weighted by molar-refractivity contribution is 14.1. The van der Waals surface area contributed by atoms with Gasteiger partial charge in [-0.3, -0.25) is 0 Å². The first-order valence-corrected chi connectivity index (χ1v) is 5.31. The minimum atomic E-state index is -4.72.